The summed E-state index contributed by atoms with van der Waals surface area (Å²) in [5, 5.41) is 5.78. The first kappa shape index (κ1) is 25.2. The number of anilines is 1. The van der Waals surface area contributed by atoms with Gasteiger partial charge >= 0.3 is 6.03 Å². The van der Waals surface area contributed by atoms with E-state index in [9.17, 15) is 19.2 Å². The average Bonchev–Trinajstić information content (AvgIpc) is 3.41. The quantitative estimate of drug-likeness (QED) is 0.579. The highest BCUT2D eigenvalue weighted by Crippen LogP contribution is 2.38. The van der Waals surface area contributed by atoms with Gasteiger partial charge < -0.3 is 20.3 Å². The molecule has 1 aromatic rings. The number of carbonyl (C=O) groups is 4. The molecule has 190 valence electrons. The van der Waals surface area contributed by atoms with E-state index in [0.717, 1.165) is 48.1 Å². The Morgan fingerprint density at radius 1 is 1.20 bits per heavy atom. The molecule has 1 aliphatic carbocycles. The number of urea groups is 1. The van der Waals surface area contributed by atoms with Crippen LogP contribution in [0.2, 0.25) is 0 Å². The molecule has 4 rings (SSSR count). The molecular weight excluding hydrogens is 448 g/mol. The van der Waals surface area contributed by atoms with Gasteiger partial charge in [0.1, 0.15) is 18.6 Å². The maximum absolute atomic E-state index is 13.4. The lowest BCUT2D eigenvalue weighted by atomic mass is 9.73. The highest BCUT2D eigenvalue weighted by molar-refractivity contribution is 6.09. The number of rotatable bonds is 7. The van der Waals surface area contributed by atoms with E-state index in [1.807, 2.05) is 39.0 Å². The minimum atomic E-state index is -0.922. The highest BCUT2D eigenvalue weighted by atomic mass is 16.5. The second-order valence-electron chi connectivity index (χ2n) is 10.1. The Balaban J connectivity index is 1.46. The van der Waals surface area contributed by atoms with E-state index in [2.05, 4.69) is 10.6 Å². The molecule has 1 spiro atoms. The standard InChI is InChI=1S/C26H36N4O5/c1-17-8-6-11-21(19(17)3)27-22(31)15-29(14-20-10-7-13-35-20)23(32)16-30-24(33)26(28-25(30)34)12-5-4-9-18(26)2/h6,8,11,18,20H,4-5,7,9-10,12-16H2,1-3H3,(H,27,31)(H,28,34). The van der Waals surface area contributed by atoms with E-state index >= 15 is 0 Å². The number of amides is 5. The fourth-order valence-corrected chi connectivity index (χ4v) is 5.41. The van der Waals surface area contributed by atoms with Crippen molar-refractivity contribution in [1.29, 1.82) is 0 Å². The summed E-state index contributed by atoms with van der Waals surface area (Å²) < 4.78 is 5.70. The second kappa shape index (κ2) is 10.4. The lowest BCUT2D eigenvalue weighted by molar-refractivity contribution is -0.142. The van der Waals surface area contributed by atoms with Crippen molar-refractivity contribution in [3.8, 4) is 0 Å². The van der Waals surface area contributed by atoms with Crippen LogP contribution >= 0.6 is 0 Å². The molecule has 2 saturated heterocycles. The number of imide groups is 1. The summed E-state index contributed by atoms with van der Waals surface area (Å²) in [6, 6.07) is 5.13. The first-order chi connectivity index (χ1) is 16.7. The molecule has 0 radical (unpaired) electrons. The van der Waals surface area contributed by atoms with Crippen LogP contribution in [-0.4, -0.2) is 71.4 Å². The van der Waals surface area contributed by atoms with E-state index in [0.29, 0.717) is 18.7 Å². The third-order valence-electron chi connectivity index (χ3n) is 7.81. The first-order valence-corrected chi connectivity index (χ1v) is 12.6. The van der Waals surface area contributed by atoms with Crippen molar-refractivity contribution in [2.24, 2.45) is 5.92 Å². The summed E-state index contributed by atoms with van der Waals surface area (Å²) >= 11 is 0. The topological polar surface area (TPSA) is 108 Å². The molecule has 1 aromatic carbocycles. The molecular formula is C26H36N4O5. The number of hydrogen-bond acceptors (Lipinski definition) is 5. The van der Waals surface area contributed by atoms with Gasteiger partial charge in [-0.3, -0.25) is 19.3 Å². The van der Waals surface area contributed by atoms with Gasteiger partial charge in [0.25, 0.3) is 5.91 Å². The minimum Gasteiger partial charge on any atom is -0.376 e. The summed E-state index contributed by atoms with van der Waals surface area (Å²) in [5.41, 5.74) is 1.79. The maximum atomic E-state index is 13.4. The Bertz CT molecular complexity index is 1010. The first-order valence-electron chi connectivity index (χ1n) is 12.6. The number of nitrogens with zero attached hydrogens (tertiary/aromatic N) is 2. The lowest BCUT2D eigenvalue weighted by Gasteiger charge is -2.36. The molecule has 0 bridgehead atoms. The van der Waals surface area contributed by atoms with E-state index in [1.54, 1.807) is 0 Å². The molecule has 9 heteroatoms. The van der Waals surface area contributed by atoms with Crippen LogP contribution in [0.1, 0.15) is 56.6 Å². The normalized spacial score (nSPS) is 26.2. The minimum absolute atomic E-state index is 0.0131. The number of hydrogen-bond donors (Lipinski definition) is 2. The molecule has 2 N–H and O–H groups in total. The van der Waals surface area contributed by atoms with E-state index in [4.69, 9.17) is 4.74 Å². The highest BCUT2D eigenvalue weighted by Gasteiger charge is 2.55. The summed E-state index contributed by atoms with van der Waals surface area (Å²) in [7, 11) is 0. The monoisotopic (exact) mass is 484 g/mol. The Hall–Kier alpha value is -2.94. The molecule has 1 saturated carbocycles. The molecule has 9 nitrogen and oxygen atoms in total. The predicted molar refractivity (Wildman–Crippen MR) is 131 cm³/mol. The summed E-state index contributed by atoms with van der Waals surface area (Å²) in [6.07, 6.45) is 4.86. The molecule has 3 fully saturated rings. The summed E-state index contributed by atoms with van der Waals surface area (Å²) in [6.45, 7) is 6.17. The fraction of sp³-hybridized carbons (Fsp3) is 0.615. The summed E-state index contributed by atoms with van der Waals surface area (Å²) in [4.78, 5) is 54.8. The third-order valence-corrected chi connectivity index (χ3v) is 7.81. The molecule has 3 unspecified atom stereocenters. The van der Waals surface area contributed by atoms with Crippen molar-refractivity contribution in [3.63, 3.8) is 0 Å². The van der Waals surface area contributed by atoms with Crippen molar-refractivity contribution in [2.75, 3.05) is 31.6 Å². The largest absolute Gasteiger partial charge is 0.376 e. The molecule has 2 aliphatic heterocycles. The van der Waals surface area contributed by atoms with E-state index in [-0.39, 0.29) is 43.5 Å². The zero-order valence-corrected chi connectivity index (χ0v) is 20.9. The van der Waals surface area contributed by atoms with Gasteiger partial charge in [-0.15, -0.1) is 0 Å². The number of ether oxygens (including phenoxy) is 1. The third kappa shape index (κ3) is 5.19. The van der Waals surface area contributed by atoms with Gasteiger partial charge in [0.2, 0.25) is 11.8 Å². The number of aryl methyl sites for hydroxylation is 1. The Morgan fingerprint density at radius 2 is 2.00 bits per heavy atom. The second-order valence-corrected chi connectivity index (χ2v) is 10.1. The maximum Gasteiger partial charge on any atom is 0.325 e. The lowest BCUT2D eigenvalue weighted by Crippen LogP contribution is -2.54. The van der Waals surface area contributed by atoms with Gasteiger partial charge in [-0.2, -0.15) is 0 Å². The van der Waals surface area contributed by atoms with Crippen molar-refractivity contribution >= 4 is 29.4 Å². The Morgan fingerprint density at radius 3 is 2.71 bits per heavy atom. The molecule has 0 aromatic heterocycles. The van der Waals surface area contributed by atoms with Crippen LogP contribution < -0.4 is 10.6 Å². The van der Waals surface area contributed by atoms with Crippen molar-refractivity contribution in [2.45, 2.75) is 70.9 Å². The fourth-order valence-electron chi connectivity index (χ4n) is 5.41. The number of carbonyl (C=O) groups excluding carboxylic acids is 4. The van der Waals surface area contributed by atoms with E-state index < -0.39 is 17.5 Å². The van der Waals surface area contributed by atoms with Crippen LogP contribution in [0, 0.1) is 19.8 Å². The van der Waals surface area contributed by atoms with Gasteiger partial charge in [0.15, 0.2) is 0 Å². The van der Waals surface area contributed by atoms with Gasteiger partial charge in [0, 0.05) is 18.8 Å². The van der Waals surface area contributed by atoms with Crippen LogP contribution in [0.15, 0.2) is 18.2 Å². The van der Waals surface area contributed by atoms with Crippen LogP contribution in [-0.2, 0) is 19.1 Å². The Kier molecular flexibility index (Phi) is 7.44. The van der Waals surface area contributed by atoms with Gasteiger partial charge in [-0.05, 0) is 62.6 Å². The predicted octanol–water partition coefficient (Wildman–Crippen LogP) is 2.75. The average molecular weight is 485 g/mol. The van der Waals surface area contributed by atoms with E-state index in [1.165, 1.54) is 4.90 Å². The molecule has 3 aliphatic rings. The van der Waals surface area contributed by atoms with Crippen LogP contribution in [0.5, 0.6) is 0 Å². The number of nitrogens with one attached hydrogen (secondary N) is 2. The van der Waals surface area contributed by atoms with Gasteiger partial charge in [0.05, 0.1) is 6.10 Å². The van der Waals surface area contributed by atoms with Crippen LogP contribution in [0.4, 0.5) is 10.5 Å². The zero-order chi connectivity index (χ0) is 25.2. The molecule has 5 amide bonds. The smallest absolute Gasteiger partial charge is 0.325 e. The van der Waals surface area contributed by atoms with Crippen molar-refractivity contribution in [1.82, 2.24) is 15.1 Å². The SMILES string of the molecule is Cc1cccc(NC(=O)CN(CC2CCCO2)C(=O)CN2C(=O)NC3(CCCCC3C)C2=O)c1C. The van der Waals surface area contributed by atoms with Gasteiger partial charge in [-0.25, -0.2) is 4.79 Å². The van der Waals surface area contributed by atoms with Crippen LogP contribution in [0.25, 0.3) is 0 Å². The molecule has 2 heterocycles. The number of benzene rings is 1. The van der Waals surface area contributed by atoms with Crippen molar-refractivity contribution < 1.29 is 23.9 Å². The van der Waals surface area contributed by atoms with Gasteiger partial charge in [-0.1, -0.05) is 31.9 Å². The van der Waals surface area contributed by atoms with Crippen molar-refractivity contribution in [3.05, 3.63) is 29.3 Å². The molecule has 35 heavy (non-hydrogen) atoms. The zero-order valence-electron chi connectivity index (χ0n) is 20.9. The Labute approximate surface area is 206 Å². The molecule has 3 atom stereocenters. The van der Waals surface area contributed by atoms with Crippen LogP contribution in [0.3, 0.4) is 0 Å². The summed E-state index contributed by atoms with van der Waals surface area (Å²) in [5.74, 6) is -1.10.